The zero-order valence-corrected chi connectivity index (χ0v) is 15.8. The maximum absolute atomic E-state index is 13.7. The van der Waals surface area contributed by atoms with E-state index in [9.17, 15) is 13.3 Å². The van der Waals surface area contributed by atoms with Crippen molar-refractivity contribution in [3.8, 4) is 0 Å². The average molecular weight is 418 g/mol. The third-order valence-electron chi connectivity index (χ3n) is 2.96. The molecule has 2 aromatic carbocycles. The van der Waals surface area contributed by atoms with Gasteiger partial charge in [0.05, 0.1) is 0 Å². The van der Waals surface area contributed by atoms with Crippen LogP contribution >= 0.6 is 31.5 Å². The Hall–Kier alpha value is -1.62. The van der Waals surface area contributed by atoms with Crippen LogP contribution in [0.2, 0.25) is 10.0 Å². The summed E-state index contributed by atoms with van der Waals surface area (Å²) in [4.78, 5) is 0. The van der Waals surface area contributed by atoms with Gasteiger partial charge in [-0.3, -0.25) is 0 Å². The quantitative estimate of drug-likeness (QED) is 0.433. The zero-order valence-electron chi connectivity index (χ0n) is 13.4. The molecule has 0 aliphatic carbocycles. The predicted octanol–water partition coefficient (Wildman–Crippen LogP) is 7.01. The highest BCUT2D eigenvalue weighted by Crippen LogP contribution is 2.27. The van der Waals surface area contributed by atoms with Gasteiger partial charge in [-0.1, -0.05) is 47.5 Å². The van der Waals surface area contributed by atoms with Gasteiger partial charge in [-0.05, 0) is 47.5 Å². The lowest BCUT2D eigenvalue weighted by Crippen LogP contribution is -1.92. The summed E-state index contributed by atoms with van der Waals surface area (Å²) in [6, 6.07) is 13.1. The lowest BCUT2D eigenvalue weighted by Gasteiger charge is -1.96. The summed E-state index contributed by atoms with van der Waals surface area (Å²) in [5, 5.41) is 0.924. The Labute approximate surface area is 160 Å². The van der Waals surface area contributed by atoms with Gasteiger partial charge in [0.1, 0.15) is 11.7 Å². The summed E-state index contributed by atoms with van der Waals surface area (Å²) < 4.78 is 48.4. The normalized spacial score (nSPS) is 12.3. The van der Waals surface area contributed by atoms with Gasteiger partial charge in [-0.2, -0.15) is 0 Å². The molecule has 0 aliphatic rings. The molecule has 0 amide bonds. The monoisotopic (exact) mass is 417 g/mol. The maximum atomic E-state index is 13.7. The standard InChI is InChI=1S/C18H14Cl2F2O3P/c19-15-5-1-3-13(7-15)9-17(21)11-24-26(23)25-12-18(22)10-14-4-2-6-16(20)8-14/h1-10H,11-12H2/q+1/b17-9-,18-10-. The maximum Gasteiger partial charge on any atom is 0.698 e. The van der Waals surface area contributed by atoms with Crippen molar-refractivity contribution < 1.29 is 22.4 Å². The predicted molar refractivity (Wildman–Crippen MR) is 101 cm³/mol. The minimum atomic E-state index is -2.67. The van der Waals surface area contributed by atoms with Crippen molar-refractivity contribution in [2.45, 2.75) is 0 Å². The Kier molecular flexibility index (Phi) is 8.36. The minimum Gasteiger partial charge on any atom is -0.209 e. The summed E-state index contributed by atoms with van der Waals surface area (Å²) in [6.07, 6.45) is 2.38. The van der Waals surface area contributed by atoms with Gasteiger partial charge in [0.25, 0.3) is 0 Å². The molecule has 2 aromatic rings. The SMILES string of the molecule is O=[P+](OC/C(F)=C/c1cccc(Cl)c1)OC/C(F)=C/c1cccc(Cl)c1. The first kappa shape index (κ1) is 20.7. The number of hydrogen-bond acceptors (Lipinski definition) is 3. The Bertz CT molecular complexity index is 773. The second-order valence-corrected chi connectivity index (χ2v) is 6.90. The van der Waals surface area contributed by atoms with Crippen molar-refractivity contribution in [3.05, 3.63) is 81.4 Å². The van der Waals surface area contributed by atoms with E-state index in [1.54, 1.807) is 48.5 Å². The molecule has 0 heterocycles. The molecule has 3 nitrogen and oxygen atoms in total. The lowest BCUT2D eigenvalue weighted by molar-refractivity contribution is 0.233. The number of benzene rings is 2. The fourth-order valence-electron chi connectivity index (χ4n) is 1.90. The summed E-state index contributed by atoms with van der Waals surface area (Å²) >= 11 is 11.6. The molecule has 0 atom stereocenters. The third-order valence-corrected chi connectivity index (χ3v) is 4.11. The van der Waals surface area contributed by atoms with Crippen LogP contribution in [0.25, 0.3) is 12.2 Å². The molecule has 8 heteroatoms. The molecule has 0 aliphatic heterocycles. The molecule has 26 heavy (non-hydrogen) atoms. The zero-order chi connectivity index (χ0) is 18.9. The molecule has 0 fully saturated rings. The molecule has 0 saturated heterocycles. The Balaban J connectivity index is 1.79. The molecule has 0 saturated carbocycles. The smallest absolute Gasteiger partial charge is 0.209 e. The van der Waals surface area contributed by atoms with Crippen LogP contribution in [0.1, 0.15) is 11.1 Å². The minimum absolute atomic E-state index is 0.462. The molecule has 0 spiro atoms. The van der Waals surface area contributed by atoms with Gasteiger partial charge in [-0.15, -0.1) is 9.05 Å². The van der Waals surface area contributed by atoms with E-state index in [0.717, 1.165) is 0 Å². The molecule has 0 aromatic heterocycles. The van der Waals surface area contributed by atoms with Gasteiger partial charge in [0.2, 0.25) is 0 Å². The van der Waals surface area contributed by atoms with Crippen LogP contribution in [-0.2, 0) is 13.6 Å². The molecule has 0 unspecified atom stereocenters. The molecule has 0 radical (unpaired) electrons. The highest BCUT2D eigenvalue weighted by Gasteiger charge is 2.22. The van der Waals surface area contributed by atoms with E-state index < -0.39 is 33.1 Å². The van der Waals surface area contributed by atoms with E-state index in [0.29, 0.717) is 21.2 Å². The van der Waals surface area contributed by atoms with Gasteiger partial charge < -0.3 is 0 Å². The van der Waals surface area contributed by atoms with Crippen molar-refractivity contribution in [3.63, 3.8) is 0 Å². The summed E-state index contributed by atoms with van der Waals surface area (Å²) in [6.45, 7) is -1.14. The number of hydrogen-bond donors (Lipinski definition) is 0. The van der Waals surface area contributed by atoms with E-state index in [-0.39, 0.29) is 0 Å². The summed E-state index contributed by atoms with van der Waals surface area (Å²) in [7, 11) is -2.67. The Morgan fingerprint density at radius 1 is 0.885 bits per heavy atom. The summed E-state index contributed by atoms with van der Waals surface area (Å²) in [5.74, 6) is -1.34. The number of rotatable bonds is 8. The largest absolute Gasteiger partial charge is 0.698 e. The first-order chi connectivity index (χ1) is 12.4. The Morgan fingerprint density at radius 3 is 1.69 bits per heavy atom. The molecular formula is C18H14Cl2F2O3P+. The van der Waals surface area contributed by atoms with Crippen LogP contribution in [0, 0.1) is 0 Å². The second kappa shape index (κ2) is 10.5. The van der Waals surface area contributed by atoms with Crippen LogP contribution in [0.5, 0.6) is 0 Å². The van der Waals surface area contributed by atoms with Crippen LogP contribution in [0.3, 0.4) is 0 Å². The van der Waals surface area contributed by atoms with Crippen molar-refractivity contribution in [2.24, 2.45) is 0 Å². The van der Waals surface area contributed by atoms with Gasteiger partial charge >= 0.3 is 8.25 Å². The van der Waals surface area contributed by atoms with E-state index in [1.807, 2.05) is 0 Å². The van der Waals surface area contributed by atoms with E-state index in [2.05, 4.69) is 0 Å². The van der Waals surface area contributed by atoms with Crippen molar-refractivity contribution in [2.75, 3.05) is 13.2 Å². The van der Waals surface area contributed by atoms with E-state index in [1.165, 1.54) is 12.2 Å². The van der Waals surface area contributed by atoms with Gasteiger partial charge in [0.15, 0.2) is 13.2 Å². The van der Waals surface area contributed by atoms with Gasteiger partial charge in [-0.25, -0.2) is 8.78 Å². The van der Waals surface area contributed by atoms with Gasteiger partial charge in [0, 0.05) is 14.6 Å². The Morgan fingerprint density at radius 2 is 1.31 bits per heavy atom. The first-order valence-electron chi connectivity index (χ1n) is 7.39. The average Bonchev–Trinajstić information content (AvgIpc) is 2.58. The highest BCUT2D eigenvalue weighted by atomic mass is 35.5. The second-order valence-electron chi connectivity index (χ2n) is 5.06. The van der Waals surface area contributed by atoms with Crippen LogP contribution < -0.4 is 0 Å². The number of halogens is 4. The molecule has 0 bridgehead atoms. The van der Waals surface area contributed by atoms with Crippen molar-refractivity contribution in [1.82, 2.24) is 0 Å². The van der Waals surface area contributed by atoms with Crippen molar-refractivity contribution in [1.29, 1.82) is 0 Å². The fraction of sp³-hybridized carbons (Fsp3) is 0.111. The van der Waals surface area contributed by atoms with E-state index in [4.69, 9.17) is 32.2 Å². The van der Waals surface area contributed by atoms with Crippen molar-refractivity contribution >= 4 is 43.6 Å². The fourth-order valence-corrected chi connectivity index (χ4v) is 2.83. The molecule has 2 rings (SSSR count). The molecular weight excluding hydrogens is 404 g/mol. The van der Waals surface area contributed by atoms with Crippen LogP contribution in [-0.4, -0.2) is 13.2 Å². The molecule has 136 valence electrons. The topological polar surface area (TPSA) is 35.5 Å². The van der Waals surface area contributed by atoms with Crippen LogP contribution in [0.15, 0.2) is 60.2 Å². The highest BCUT2D eigenvalue weighted by molar-refractivity contribution is 7.33. The van der Waals surface area contributed by atoms with Crippen LogP contribution in [0.4, 0.5) is 8.78 Å². The first-order valence-corrected chi connectivity index (χ1v) is 9.24. The summed E-state index contributed by atoms with van der Waals surface area (Å²) in [5.41, 5.74) is 1.07. The lowest BCUT2D eigenvalue weighted by atomic mass is 10.2. The molecule has 0 N–H and O–H groups in total. The third kappa shape index (κ3) is 7.73. The van der Waals surface area contributed by atoms with E-state index >= 15 is 0 Å².